The van der Waals surface area contributed by atoms with Crippen LogP contribution in [0.15, 0.2) is 0 Å². The smallest absolute Gasteiger partial charge is 0.242 e. The number of hydrogen-bond acceptors (Lipinski definition) is 5. The van der Waals surface area contributed by atoms with Crippen molar-refractivity contribution in [2.24, 2.45) is 17.6 Å². The summed E-state index contributed by atoms with van der Waals surface area (Å²) in [5.74, 6) is -1.51. The Labute approximate surface area is 135 Å². The van der Waals surface area contributed by atoms with Gasteiger partial charge in [0.2, 0.25) is 17.7 Å². The molecule has 0 aromatic rings. The van der Waals surface area contributed by atoms with Crippen molar-refractivity contribution in [2.75, 3.05) is 20.1 Å². The maximum atomic E-state index is 12.4. The van der Waals surface area contributed by atoms with Crippen molar-refractivity contribution in [3.63, 3.8) is 0 Å². The first-order valence-electron chi connectivity index (χ1n) is 7.42. The van der Waals surface area contributed by atoms with Crippen LogP contribution in [0.3, 0.4) is 0 Å². The van der Waals surface area contributed by atoms with E-state index in [4.69, 9.17) is 10.5 Å². The highest BCUT2D eigenvalue weighted by molar-refractivity contribution is 6.08. The summed E-state index contributed by atoms with van der Waals surface area (Å²) < 4.78 is 5.66. The first-order valence-corrected chi connectivity index (χ1v) is 7.42. The van der Waals surface area contributed by atoms with Crippen LogP contribution in [0.2, 0.25) is 0 Å². The zero-order valence-electron chi connectivity index (χ0n) is 12.7. The number of fused-ring (bicyclic) bond motifs is 5. The molecule has 5 atom stereocenters. The maximum absolute atomic E-state index is 12.4. The standard InChI is InChI=1S/C14H21N3O4.ClH/c1-7(5-15)16(2)10(18)6-17-13(19)11-8-3-4-9(21-8)12(11)14(17)20;/h7-9,11-12H,3-6,15H2,1-2H3;1H. The van der Waals surface area contributed by atoms with Gasteiger partial charge < -0.3 is 15.4 Å². The van der Waals surface area contributed by atoms with Gasteiger partial charge in [-0.05, 0) is 19.8 Å². The molecule has 3 fully saturated rings. The molecule has 3 aliphatic heterocycles. The number of amides is 3. The zero-order chi connectivity index (χ0) is 15.3. The zero-order valence-corrected chi connectivity index (χ0v) is 13.5. The van der Waals surface area contributed by atoms with Crippen LogP contribution in [0.25, 0.3) is 0 Å². The molecule has 3 saturated heterocycles. The van der Waals surface area contributed by atoms with Crippen molar-refractivity contribution in [1.29, 1.82) is 0 Å². The van der Waals surface area contributed by atoms with Gasteiger partial charge in [-0.15, -0.1) is 12.4 Å². The van der Waals surface area contributed by atoms with Gasteiger partial charge in [0.05, 0.1) is 24.0 Å². The molecule has 0 radical (unpaired) electrons. The summed E-state index contributed by atoms with van der Waals surface area (Å²) in [5, 5.41) is 0. The highest BCUT2D eigenvalue weighted by Crippen LogP contribution is 2.48. The van der Waals surface area contributed by atoms with E-state index in [-0.39, 0.29) is 66.8 Å². The van der Waals surface area contributed by atoms with E-state index in [2.05, 4.69) is 0 Å². The summed E-state index contributed by atoms with van der Waals surface area (Å²) in [6.45, 7) is 1.98. The number of carbonyl (C=O) groups excluding carboxylic acids is 3. The van der Waals surface area contributed by atoms with Crippen molar-refractivity contribution >= 4 is 30.1 Å². The number of imide groups is 1. The Bertz CT molecular complexity index is 472. The summed E-state index contributed by atoms with van der Waals surface area (Å²) in [6, 6.07) is -0.121. The molecule has 2 N–H and O–H groups in total. The van der Waals surface area contributed by atoms with Gasteiger partial charge in [0.15, 0.2) is 0 Å². The van der Waals surface area contributed by atoms with E-state index in [9.17, 15) is 14.4 Å². The Hall–Kier alpha value is -1.18. The largest absolute Gasteiger partial charge is 0.373 e. The molecule has 3 rings (SSSR count). The molecule has 5 unspecified atom stereocenters. The molecule has 3 amide bonds. The number of ether oxygens (including phenoxy) is 1. The van der Waals surface area contributed by atoms with Gasteiger partial charge in [0.1, 0.15) is 6.54 Å². The van der Waals surface area contributed by atoms with Crippen LogP contribution in [0.4, 0.5) is 0 Å². The summed E-state index contributed by atoms with van der Waals surface area (Å²) in [7, 11) is 1.64. The highest BCUT2D eigenvalue weighted by atomic mass is 35.5. The molecule has 7 nitrogen and oxygen atoms in total. The van der Waals surface area contributed by atoms with Crippen molar-refractivity contribution < 1.29 is 19.1 Å². The summed E-state index contributed by atoms with van der Waals surface area (Å²) in [6.07, 6.45) is 1.38. The van der Waals surface area contributed by atoms with Gasteiger partial charge in [-0.2, -0.15) is 0 Å². The Morgan fingerprint density at radius 1 is 1.32 bits per heavy atom. The van der Waals surface area contributed by atoms with E-state index in [0.717, 1.165) is 17.7 Å². The number of halogens is 1. The van der Waals surface area contributed by atoms with Crippen molar-refractivity contribution in [3.8, 4) is 0 Å². The third-order valence-electron chi connectivity index (χ3n) is 5.06. The van der Waals surface area contributed by atoms with Crippen LogP contribution < -0.4 is 5.73 Å². The Morgan fingerprint density at radius 3 is 2.27 bits per heavy atom. The highest BCUT2D eigenvalue weighted by Gasteiger charge is 2.62. The van der Waals surface area contributed by atoms with Gasteiger partial charge >= 0.3 is 0 Å². The molecule has 0 aliphatic carbocycles. The predicted molar refractivity (Wildman–Crippen MR) is 80.1 cm³/mol. The van der Waals surface area contributed by atoms with E-state index in [0.29, 0.717) is 6.54 Å². The maximum Gasteiger partial charge on any atom is 0.242 e. The molecule has 22 heavy (non-hydrogen) atoms. The fraction of sp³-hybridized carbons (Fsp3) is 0.786. The first kappa shape index (κ1) is 17.2. The van der Waals surface area contributed by atoms with Crippen LogP contribution in [0.1, 0.15) is 19.8 Å². The average molecular weight is 332 g/mol. The lowest BCUT2D eigenvalue weighted by molar-refractivity contribution is -0.148. The summed E-state index contributed by atoms with van der Waals surface area (Å²) in [4.78, 5) is 39.6. The molecule has 0 aromatic carbocycles. The van der Waals surface area contributed by atoms with Crippen LogP contribution >= 0.6 is 12.4 Å². The van der Waals surface area contributed by atoms with Gasteiger partial charge in [-0.3, -0.25) is 19.3 Å². The molecule has 0 saturated carbocycles. The molecule has 124 valence electrons. The number of likely N-dealkylation sites (tertiary alicyclic amines) is 1. The molecule has 0 aromatic heterocycles. The molecular formula is C14H22ClN3O4. The Kier molecular flexibility index (Phi) is 4.79. The summed E-state index contributed by atoms with van der Waals surface area (Å²) in [5.41, 5.74) is 5.54. The van der Waals surface area contributed by atoms with E-state index in [1.807, 2.05) is 6.92 Å². The van der Waals surface area contributed by atoms with Crippen LogP contribution in [0.5, 0.6) is 0 Å². The van der Waals surface area contributed by atoms with Gasteiger partial charge in [0, 0.05) is 19.6 Å². The Balaban J connectivity index is 0.00000176. The molecule has 3 heterocycles. The second-order valence-corrected chi connectivity index (χ2v) is 6.19. The van der Waals surface area contributed by atoms with Crippen molar-refractivity contribution in [1.82, 2.24) is 9.80 Å². The topological polar surface area (TPSA) is 92.9 Å². The minimum Gasteiger partial charge on any atom is -0.373 e. The van der Waals surface area contributed by atoms with E-state index in [1.54, 1.807) is 7.05 Å². The minimum atomic E-state index is -0.374. The number of hydrogen-bond donors (Lipinski definition) is 1. The minimum absolute atomic E-state index is 0. The lowest BCUT2D eigenvalue weighted by Crippen LogP contribution is -2.47. The number of nitrogens with two attached hydrogens (primary N) is 1. The predicted octanol–water partition coefficient (Wildman–Crippen LogP) is -0.624. The number of likely N-dealkylation sites (N-methyl/N-ethyl adjacent to an activating group) is 1. The normalized spacial score (nSPS) is 33.7. The molecular weight excluding hydrogens is 310 g/mol. The first-order chi connectivity index (χ1) is 9.95. The fourth-order valence-corrected chi connectivity index (χ4v) is 3.58. The van der Waals surface area contributed by atoms with Gasteiger partial charge in [-0.25, -0.2) is 0 Å². The number of rotatable bonds is 4. The van der Waals surface area contributed by atoms with Crippen molar-refractivity contribution in [2.45, 2.75) is 38.0 Å². The third kappa shape index (κ3) is 2.41. The molecule has 0 spiro atoms. The monoisotopic (exact) mass is 331 g/mol. The van der Waals surface area contributed by atoms with E-state index >= 15 is 0 Å². The second-order valence-electron chi connectivity index (χ2n) is 6.19. The van der Waals surface area contributed by atoms with Crippen molar-refractivity contribution in [3.05, 3.63) is 0 Å². The van der Waals surface area contributed by atoms with E-state index < -0.39 is 0 Å². The second kappa shape index (κ2) is 6.14. The van der Waals surface area contributed by atoms with Crippen LogP contribution in [-0.2, 0) is 19.1 Å². The molecule has 2 bridgehead atoms. The fourth-order valence-electron chi connectivity index (χ4n) is 3.58. The number of carbonyl (C=O) groups is 3. The lowest BCUT2D eigenvalue weighted by Gasteiger charge is -2.26. The third-order valence-corrected chi connectivity index (χ3v) is 5.06. The van der Waals surface area contributed by atoms with Crippen LogP contribution in [0, 0.1) is 11.8 Å². The molecule has 3 aliphatic rings. The number of nitrogens with zero attached hydrogens (tertiary/aromatic N) is 2. The van der Waals surface area contributed by atoms with Crippen LogP contribution in [-0.4, -0.2) is 65.9 Å². The summed E-state index contributed by atoms with van der Waals surface area (Å²) >= 11 is 0. The van der Waals surface area contributed by atoms with Gasteiger partial charge in [-0.1, -0.05) is 0 Å². The lowest BCUT2D eigenvalue weighted by atomic mass is 9.81. The SMILES string of the molecule is CC(CN)N(C)C(=O)CN1C(=O)C2C3CCC(O3)C2C1=O.Cl. The van der Waals surface area contributed by atoms with Gasteiger partial charge in [0.25, 0.3) is 0 Å². The Morgan fingerprint density at radius 2 is 1.82 bits per heavy atom. The average Bonchev–Trinajstić information content (AvgIpc) is 3.15. The van der Waals surface area contributed by atoms with E-state index in [1.165, 1.54) is 4.90 Å². The quantitative estimate of drug-likeness (QED) is 0.693. The molecule has 8 heteroatoms.